The van der Waals surface area contributed by atoms with E-state index in [0.29, 0.717) is 0 Å². The van der Waals surface area contributed by atoms with Gasteiger partial charge in [0.1, 0.15) is 11.5 Å². The van der Waals surface area contributed by atoms with Gasteiger partial charge in [0, 0.05) is 5.56 Å². The molecule has 0 atom stereocenters. The third-order valence-corrected chi connectivity index (χ3v) is 1.97. The minimum atomic E-state index is -0.478. The number of rotatable bonds is 4. The first-order valence-electron chi connectivity index (χ1n) is 4.12. The lowest BCUT2D eigenvalue weighted by atomic mass is 10.0. The monoisotopic (exact) mass is 222 g/mol. The van der Waals surface area contributed by atoms with Crippen molar-refractivity contribution in [2.45, 2.75) is 0 Å². The lowest BCUT2D eigenvalue weighted by molar-refractivity contribution is 0.389. The summed E-state index contributed by atoms with van der Waals surface area (Å²) < 4.78 is 0. The van der Waals surface area contributed by atoms with Gasteiger partial charge in [0.2, 0.25) is 0 Å². The van der Waals surface area contributed by atoms with Crippen molar-refractivity contribution >= 4 is 28.6 Å². The fraction of sp³-hybridized carbons (Fsp3) is 0. The molecule has 0 bridgehead atoms. The molecule has 84 valence electrons. The van der Waals surface area contributed by atoms with Crippen LogP contribution in [0, 0.1) is 15.7 Å². The van der Waals surface area contributed by atoms with E-state index in [2.05, 4.69) is 5.18 Å². The number of nitrogen functional groups attached to an aromatic ring is 1. The lowest BCUT2D eigenvalue weighted by Crippen LogP contribution is -2.23. The minimum absolute atomic E-state index is 0.0209. The summed E-state index contributed by atoms with van der Waals surface area (Å²) in [7, 11) is 0. The number of nitrogens with two attached hydrogens (primary N) is 2. The minimum Gasteiger partial charge on any atom is -0.396 e. The summed E-state index contributed by atoms with van der Waals surface area (Å²) in [4.78, 5) is 10.5. The maximum atomic E-state index is 10.5. The van der Waals surface area contributed by atoms with Crippen molar-refractivity contribution in [2.75, 3.05) is 11.2 Å². The van der Waals surface area contributed by atoms with Gasteiger partial charge in [-0.1, -0.05) is 0 Å². The van der Waals surface area contributed by atoms with Gasteiger partial charge >= 0.3 is 0 Å². The highest BCUT2D eigenvalue weighted by atomic mass is 16.5. The third kappa shape index (κ3) is 1.81. The molecule has 0 spiro atoms. The molecule has 0 saturated carbocycles. The smallest absolute Gasteiger partial charge is 0.156 e. The molecular weight excluding hydrogens is 212 g/mol. The molecule has 0 fully saturated rings. The summed E-state index contributed by atoms with van der Waals surface area (Å²) in [5, 5.41) is 25.9. The van der Waals surface area contributed by atoms with Gasteiger partial charge in [-0.25, -0.2) is 0 Å². The Kier molecular flexibility index (Phi) is 3.16. The molecule has 1 aromatic rings. The quantitative estimate of drug-likeness (QED) is 0.145. The number of anilines is 2. The van der Waals surface area contributed by atoms with Crippen LogP contribution < -0.4 is 16.9 Å². The van der Waals surface area contributed by atoms with Gasteiger partial charge < -0.3 is 11.5 Å². The second kappa shape index (κ2) is 4.36. The van der Waals surface area contributed by atoms with Crippen LogP contribution in [0.4, 0.5) is 17.1 Å². The Bertz CT molecular complexity index is 470. The van der Waals surface area contributed by atoms with Gasteiger partial charge in [-0.3, -0.25) is 21.5 Å². The van der Waals surface area contributed by atoms with Gasteiger partial charge in [0.05, 0.1) is 11.4 Å². The Labute approximate surface area is 90.2 Å². The molecule has 0 saturated heterocycles. The van der Waals surface area contributed by atoms with Gasteiger partial charge in [0.15, 0.2) is 5.69 Å². The van der Waals surface area contributed by atoms with Crippen molar-refractivity contribution in [3.05, 3.63) is 22.6 Å². The highest BCUT2D eigenvalue weighted by Gasteiger charge is 2.15. The molecule has 0 aliphatic carbocycles. The Morgan fingerprint density at radius 3 is 2.50 bits per heavy atom. The van der Waals surface area contributed by atoms with Crippen LogP contribution in [0.3, 0.4) is 0 Å². The number of nitrogens with one attached hydrogen (secondary N) is 3. The molecule has 0 aliphatic heterocycles. The topological polar surface area (TPSA) is 161 Å². The molecule has 16 heavy (non-hydrogen) atoms. The molecule has 0 unspecified atom stereocenters. The molecule has 0 aromatic heterocycles. The van der Waals surface area contributed by atoms with Gasteiger partial charge in [-0.15, -0.1) is 4.91 Å². The van der Waals surface area contributed by atoms with E-state index in [0.717, 1.165) is 0 Å². The molecule has 0 aliphatic rings. The molecule has 0 heterocycles. The Hall–Kier alpha value is -2.48. The van der Waals surface area contributed by atoms with Crippen molar-refractivity contribution in [2.24, 2.45) is 10.9 Å². The molecule has 1 aromatic carbocycles. The van der Waals surface area contributed by atoms with Crippen LogP contribution in [0.15, 0.2) is 17.3 Å². The molecule has 8 N–H and O–H groups in total. The Balaban J connectivity index is 3.40. The number of hydrogen-bond donors (Lipinski definition) is 6. The Morgan fingerprint density at radius 1 is 1.44 bits per heavy atom. The average molecular weight is 222 g/mol. The zero-order chi connectivity index (χ0) is 12.3. The second-order valence-electron chi connectivity index (χ2n) is 2.91. The van der Waals surface area contributed by atoms with Crippen molar-refractivity contribution in [3.63, 3.8) is 0 Å². The third-order valence-electron chi connectivity index (χ3n) is 1.97. The number of nitrogens with zero attached hydrogens (tertiary/aromatic N) is 1. The maximum Gasteiger partial charge on any atom is 0.156 e. The van der Waals surface area contributed by atoms with Crippen LogP contribution in [0.5, 0.6) is 0 Å². The molecule has 8 nitrogen and oxygen atoms in total. The van der Waals surface area contributed by atoms with E-state index >= 15 is 0 Å². The first kappa shape index (κ1) is 11.6. The fourth-order valence-electron chi connectivity index (χ4n) is 1.16. The van der Waals surface area contributed by atoms with E-state index in [1.807, 2.05) is 0 Å². The number of benzene rings is 1. The summed E-state index contributed by atoms with van der Waals surface area (Å²) in [5.74, 6) is -0.478. The van der Waals surface area contributed by atoms with Gasteiger partial charge in [0.25, 0.3) is 0 Å². The van der Waals surface area contributed by atoms with Crippen LogP contribution in [-0.4, -0.2) is 16.8 Å². The maximum absolute atomic E-state index is 10.5. The molecule has 0 amide bonds. The molecule has 0 radical (unpaired) electrons. The average Bonchev–Trinajstić information content (AvgIpc) is 2.27. The summed E-state index contributed by atoms with van der Waals surface area (Å²) in [5.41, 5.74) is 11.9. The lowest BCUT2D eigenvalue weighted by Gasteiger charge is -2.10. The summed E-state index contributed by atoms with van der Waals surface area (Å²) in [6, 6.07) is 2.66. The Morgan fingerprint density at radius 2 is 2.06 bits per heavy atom. The fourth-order valence-corrected chi connectivity index (χ4v) is 1.16. The van der Waals surface area contributed by atoms with E-state index in [1.54, 1.807) is 5.48 Å². The van der Waals surface area contributed by atoms with Crippen LogP contribution >= 0.6 is 0 Å². The largest absolute Gasteiger partial charge is 0.396 e. The van der Waals surface area contributed by atoms with E-state index in [9.17, 15) is 4.91 Å². The normalized spacial score (nSPS) is 9.56. The number of amidine groups is 1. The van der Waals surface area contributed by atoms with E-state index in [1.165, 1.54) is 12.1 Å². The molecular formula is C8H10N6O2. The van der Waals surface area contributed by atoms with E-state index in [4.69, 9.17) is 27.5 Å². The van der Waals surface area contributed by atoms with Crippen LogP contribution in [0.2, 0.25) is 0 Å². The van der Waals surface area contributed by atoms with Crippen LogP contribution in [0.25, 0.3) is 0 Å². The first-order valence-corrected chi connectivity index (χ1v) is 4.12. The SMILES string of the molecule is N=C(N)C(=N)c1ccc(NO)c(N=O)c1N. The van der Waals surface area contributed by atoms with Crippen molar-refractivity contribution < 1.29 is 5.21 Å². The highest BCUT2D eigenvalue weighted by Crippen LogP contribution is 2.34. The predicted octanol–water partition coefficient (Wildman–Crippen LogP) is 0.772. The van der Waals surface area contributed by atoms with Crippen molar-refractivity contribution in [1.82, 2.24) is 0 Å². The number of hydrogen-bond acceptors (Lipinski definition) is 7. The first-order chi connectivity index (χ1) is 7.52. The van der Waals surface area contributed by atoms with Gasteiger partial charge in [-0.05, 0) is 17.3 Å². The van der Waals surface area contributed by atoms with Gasteiger partial charge in [-0.2, -0.15) is 0 Å². The number of nitroso groups, excluding NO2 is 1. The van der Waals surface area contributed by atoms with Crippen LogP contribution in [0.1, 0.15) is 5.56 Å². The summed E-state index contributed by atoms with van der Waals surface area (Å²) in [6.45, 7) is 0. The zero-order valence-corrected chi connectivity index (χ0v) is 8.11. The highest BCUT2D eigenvalue weighted by molar-refractivity contribution is 6.46. The molecule has 1 rings (SSSR count). The van der Waals surface area contributed by atoms with E-state index in [-0.39, 0.29) is 28.3 Å². The van der Waals surface area contributed by atoms with Crippen molar-refractivity contribution in [3.8, 4) is 0 Å². The standard InChI is InChI=1S/C8H10N6O2/c9-5-3(6(10)8(11)12)1-2-4(13-15)7(5)14-16/h1-2,10,13,15H,9H2,(H3,11,12). The molecule has 8 heteroatoms. The van der Waals surface area contributed by atoms with Crippen LogP contribution in [-0.2, 0) is 0 Å². The summed E-state index contributed by atoms with van der Waals surface area (Å²) >= 11 is 0. The predicted molar refractivity (Wildman–Crippen MR) is 60.5 cm³/mol. The second-order valence-corrected chi connectivity index (χ2v) is 2.91. The van der Waals surface area contributed by atoms with Crippen molar-refractivity contribution in [1.29, 1.82) is 10.8 Å². The van der Waals surface area contributed by atoms with E-state index < -0.39 is 5.84 Å². The zero-order valence-electron chi connectivity index (χ0n) is 8.11. The summed E-state index contributed by atoms with van der Waals surface area (Å²) in [6.07, 6.45) is 0.